The Bertz CT molecular complexity index is 886. The predicted octanol–water partition coefficient (Wildman–Crippen LogP) is 2.18. The SMILES string of the molecule is CSc1nnc(CNC(=O)Cn2nc(C)cc2C)n1Cc1ccccc1. The zero-order valence-corrected chi connectivity index (χ0v) is 16.0. The van der Waals surface area contributed by atoms with Crippen molar-refractivity contribution < 1.29 is 4.79 Å². The molecular formula is C18H22N6OS. The van der Waals surface area contributed by atoms with E-state index in [9.17, 15) is 4.79 Å². The lowest BCUT2D eigenvalue weighted by Gasteiger charge is -2.10. The van der Waals surface area contributed by atoms with Crippen LogP contribution < -0.4 is 5.32 Å². The van der Waals surface area contributed by atoms with Crippen molar-refractivity contribution in [1.82, 2.24) is 29.9 Å². The summed E-state index contributed by atoms with van der Waals surface area (Å²) in [6.07, 6.45) is 1.97. The standard InChI is InChI=1S/C18H22N6OS/c1-13-9-14(2)24(22-13)12-17(25)19-10-16-20-21-18(26-3)23(16)11-15-7-5-4-6-8-15/h4-9H,10-12H2,1-3H3,(H,19,25). The Morgan fingerprint density at radius 3 is 2.62 bits per heavy atom. The lowest BCUT2D eigenvalue weighted by Crippen LogP contribution is -2.29. The van der Waals surface area contributed by atoms with Gasteiger partial charge in [-0.25, -0.2) is 0 Å². The van der Waals surface area contributed by atoms with Crippen molar-refractivity contribution in [2.75, 3.05) is 6.26 Å². The fourth-order valence-corrected chi connectivity index (χ4v) is 3.24. The van der Waals surface area contributed by atoms with Gasteiger partial charge in [-0.3, -0.25) is 9.48 Å². The van der Waals surface area contributed by atoms with Crippen LogP contribution in [0.1, 0.15) is 22.8 Å². The maximum atomic E-state index is 12.3. The van der Waals surface area contributed by atoms with Gasteiger partial charge in [-0.15, -0.1) is 10.2 Å². The molecular weight excluding hydrogens is 348 g/mol. The summed E-state index contributed by atoms with van der Waals surface area (Å²) in [6.45, 7) is 5.05. The van der Waals surface area contributed by atoms with Gasteiger partial charge in [0.15, 0.2) is 11.0 Å². The summed E-state index contributed by atoms with van der Waals surface area (Å²) in [5.41, 5.74) is 3.04. The van der Waals surface area contributed by atoms with Crippen molar-refractivity contribution in [2.45, 2.75) is 38.6 Å². The van der Waals surface area contributed by atoms with Crippen molar-refractivity contribution >= 4 is 17.7 Å². The number of hydrogen-bond acceptors (Lipinski definition) is 5. The lowest BCUT2D eigenvalue weighted by molar-refractivity contribution is -0.122. The normalized spacial score (nSPS) is 10.9. The number of aryl methyl sites for hydroxylation is 2. The molecule has 0 saturated heterocycles. The molecule has 1 aromatic carbocycles. The van der Waals surface area contributed by atoms with E-state index in [0.717, 1.165) is 27.9 Å². The highest BCUT2D eigenvalue weighted by atomic mass is 32.2. The first kappa shape index (κ1) is 18.2. The molecule has 0 spiro atoms. The van der Waals surface area contributed by atoms with Crippen LogP contribution >= 0.6 is 11.8 Å². The van der Waals surface area contributed by atoms with Gasteiger partial charge in [0, 0.05) is 5.69 Å². The molecule has 2 heterocycles. The minimum atomic E-state index is -0.101. The molecule has 136 valence electrons. The second-order valence-corrected chi connectivity index (χ2v) is 6.81. The van der Waals surface area contributed by atoms with Gasteiger partial charge in [0.05, 0.1) is 18.8 Å². The molecule has 0 atom stereocenters. The molecule has 0 fully saturated rings. The number of nitrogens with zero attached hydrogens (tertiary/aromatic N) is 5. The second-order valence-electron chi connectivity index (χ2n) is 6.04. The fourth-order valence-electron chi connectivity index (χ4n) is 2.73. The molecule has 3 rings (SSSR count). The summed E-state index contributed by atoms with van der Waals surface area (Å²) in [4.78, 5) is 12.3. The Morgan fingerprint density at radius 2 is 1.96 bits per heavy atom. The van der Waals surface area contributed by atoms with Crippen molar-refractivity contribution in [2.24, 2.45) is 0 Å². The molecule has 1 amide bonds. The van der Waals surface area contributed by atoms with Crippen LogP contribution in [0.3, 0.4) is 0 Å². The number of benzene rings is 1. The van der Waals surface area contributed by atoms with E-state index in [1.807, 2.05) is 48.9 Å². The first-order valence-electron chi connectivity index (χ1n) is 8.34. The third-order valence-corrected chi connectivity index (χ3v) is 4.67. The molecule has 7 nitrogen and oxygen atoms in total. The summed E-state index contributed by atoms with van der Waals surface area (Å²) in [5.74, 6) is 0.635. The molecule has 3 aromatic rings. The third-order valence-electron chi connectivity index (χ3n) is 4.00. The van der Waals surface area contributed by atoms with Crippen molar-refractivity contribution in [1.29, 1.82) is 0 Å². The van der Waals surface area contributed by atoms with Gasteiger partial charge in [0.2, 0.25) is 5.91 Å². The number of carbonyl (C=O) groups is 1. The Hall–Kier alpha value is -2.61. The summed E-state index contributed by atoms with van der Waals surface area (Å²) in [7, 11) is 0. The van der Waals surface area contributed by atoms with E-state index in [2.05, 4.69) is 32.7 Å². The van der Waals surface area contributed by atoms with Crippen LogP contribution in [-0.2, 0) is 24.4 Å². The molecule has 0 aliphatic heterocycles. The molecule has 0 radical (unpaired) electrons. The first-order valence-corrected chi connectivity index (χ1v) is 9.57. The molecule has 0 aliphatic carbocycles. The van der Waals surface area contributed by atoms with E-state index in [0.29, 0.717) is 13.1 Å². The highest BCUT2D eigenvalue weighted by Gasteiger charge is 2.13. The predicted molar refractivity (Wildman–Crippen MR) is 101 cm³/mol. The van der Waals surface area contributed by atoms with Gasteiger partial charge in [-0.05, 0) is 31.7 Å². The Balaban J connectivity index is 1.67. The van der Waals surface area contributed by atoms with Crippen molar-refractivity contribution in [3.8, 4) is 0 Å². The Kier molecular flexibility index (Phi) is 5.72. The number of amides is 1. The summed E-state index contributed by atoms with van der Waals surface area (Å²) in [5, 5.41) is 16.5. The highest BCUT2D eigenvalue weighted by molar-refractivity contribution is 7.98. The van der Waals surface area contributed by atoms with Crippen LogP contribution in [-0.4, -0.2) is 36.7 Å². The summed E-state index contributed by atoms with van der Waals surface area (Å²) >= 11 is 1.54. The number of aromatic nitrogens is 5. The van der Waals surface area contributed by atoms with Crippen molar-refractivity contribution in [3.05, 3.63) is 59.2 Å². The number of nitrogens with one attached hydrogen (secondary N) is 1. The van der Waals surface area contributed by atoms with Crippen LogP contribution in [0.15, 0.2) is 41.6 Å². The van der Waals surface area contributed by atoms with Gasteiger partial charge in [0.25, 0.3) is 0 Å². The third kappa shape index (κ3) is 4.32. The van der Waals surface area contributed by atoms with Crippen LogP contribution in [0, 0.1) is 13.8 Å². The molecule has 8 heteroatoms. The molecule has 0 unspecified atom stereocenters. The van der Waals surface area contributed by atoms with Crippen LogP contribution in [0.25, 0.3) is 0 Å². The minimum absolute atomic E-state index is 0.101. The van der Waals surface area contributed by atoms with Gasteiger partial charge in [-0.2, -0.15) is 5.10 Å². The van der Waals surface area contributed by atoms with Crippen molar-refractivity contribution in [3.63, 3.8) is 0 Å². The largest absolute Gasteiger partial charge is 0.347 e. The van der Waals surface area contributed by atoms with E-state index in [-0.39, 0.29) is 12.5 Å². The molecule has 0 bridgehead atoms. The van der Waals surface area contributed by atoms with Gasteiger partial charge < -0.3 is 9.88 Å². The van der Waals surface area contributed by atoms with E-state index >= 15 is 0 Å². The van der Waals surface area contributed by atoms with E-state index < -0.39 is 0 Å². The molecule has 1 N–H and O–H groups in total. The number of thioether (sulfide) groups is 1. The smallest absolute Gasteiger partial charge is 0.242 e. The number of rotatable bonds is 7. The zero-order valence-electron chi connectivity index (χ0n) is 15.1. The summed E-state index contributed by atoms with van der Waals surface area (Å²) in [6, 6.07) is 12.1. The first-order chi connectivity index (χ1) is 12.6. The van der Waals surface area contributed by atoms with E-state index in [4.69, 9.17) is 0 Å². The zero-order chi connectivity index (χ0) is 18.5. The Morgan fingerprint density at radius 1 is 1.19 bits per heavy atom. The maximum absolute atomic E-state index is 12.3. The monoisotopic (exact) mass is 370 g/mol. The second kappa shape index (κ2) is 8.18. The van der Waals surface area contributed by atoms with E-state index in [1.54, 1.807) is 4.68 Å². The minimum Gasteiger partial charge on any atom is -0.347 e. The van der Waals surface area contributed by atoms with Crippen LogP contribution in [0.5, 0.6) is 0 Å². The van der Waals surface area contributed by atoms with Gasteiger partial charge >= 0.3 is 0 Å². The average molecular weight is 370 g/mol. The van der Waals surface area contributed by atoms with Gasteiger partial charge in [-0.1, -0.05) is 42.1 Å². The lowest BCUT2D eigenvalue weighted by atomic mass is 10.2. The molecule has 0 aliphatic rings. The molecule has 2 aromatic heterocycles. The topological polar surface area (TPSA) is 77.6 Å². The van der Waals surface area contributed by atoms with Crippen LogP contribution in [0.4, 0.5) is 0 Å². The fraction of sp³-hybridized carbons (Fsp3) is 0.333. The maximum Gasteiger partial charge on any atom is 0.242 e. The number of carbonyl (C=O) groups excluding carboxylic acids is 1. The summed E-state index contributed by atoms with van der Waals surface area (Å²) < 4.78 is 3.73. The highest BCUT2D eigenvalue weighted by Crippen LogP contribution is 2.16. The Labute approximate surface area is 156 Å². The average Bonchev–Trinajstić information content (AvgIpc) is 3.16. The number of hydrogen-bond donors (Lipinski definition) is 1. The molecule has 26 heavy (non-hydrogen) atoms. The van der Waals surface area contributed by atoms with Gasteiger partial charge in [0.1, 0.15) is 6.54 Å². The van der Waals surface area contributed by atoms with Crippen LogP contribution in [0.2, 0.25) is 0 Å². The quantitative estimate of drug-likeness (QED) is 0.645. The molecule has 0 saturated carbocycles. The van der Waals surface area contributed by atoms with E-state index in [1.165, 1.54) is 11.8 Å².